The van der Waals surface area contributed by atoms with Crippen LogP contribution >= 0.6 is 11.6 Å². The molecule has 1 aromatic heterocycles. The quantitative estimate of drug-likeness (QED) is 0.634. The number of benzene rings is 1. The molecular weight excluding hydrogens is 329 g/mol. The molecule has 7 heteroatoms. The van der Waals surface area contributed by atoms with Crippen molar-refractivity contribution in [1.29, 1.82) is 0 Å². The van der Waals surface area contributed by atoms with Crippen molar-refractivity contribution in [3.8, 4) is 0 Å². The van der Waals surface area contributed by atoms with Gasteiger partial charge in [-0.05, 0) is 47.6 Å². The van der Waals surface area contributed by atoms with Gasteiger partial charge in [0.2, 0.25) is 0 Å². The Labute approximate surface area is 134 Å². The molecule has 1 aliphatic carbocycles. The van der Waals surface area contributed by atoms with E-state index in [4.69, 9.17) is 11.6 Å². The van der Waals surface area contributed by atoms with Crippen LogP contribution in [-0.2, 0) is 0 Å². The monoisotopic (exact) mass is 340 g/mol. The summed E-state index contributed by atoms with van der Waals surface area (Å²) >= 11 is 5.87. The van der Waals surface area contributed by atoms with Crippen LogP contribution in [0, 0.1) is 0 Å². The highest BCUT2D eigenvalue weighted by Gasteiger charge is 2.45. The zero-order valence-corrected chi connectivity index (χ0v) is 12.6. The van der Waals surface area contributed by atoms with E-state index in [0.29, 0.717) is 24.2 Å². The molecule has 3 nitrogen and oxygen atoms in total. The molecular formula is C16H12ClF3N2O. The number of nitrogens with one attached hydrogen (secondary N) is 1. The van der Waals surface area contributed by atoms with Crippen LogP contribution in [0.2, 0.25) is 5.15 Å². The number of halogens is 4. The molecule has 0 spiro atoms. The van der Waals surface area contributed by atoms with Gasteiger partial charge in [0.05, 0.1) is 5.52 Å². The van der Waals surface area contributed by atoms with Crippen molar-refractivity contribution < 1.29 is 18.0 Å². The largest absolute Gasteiger partial charge is 0.454 e. The lowest BCUT2D eigenvalue weighted by molar-refractivity contribution is -0.0884. The summed E-state index contributed by atoms with van der Waals surface area (Å²) in [5, 5.41) is 3.65. The molecule has 23 heavy (non-hydrogen) atoms. The van der Waals surface area contributed by atoms with Gasteiger partial charge < -0.3 is 5.32 Å². The second-order valence-electron chi connectivity index (χ2n) is 6.07. The molecule has 2 heterocycles. The average Bonchev–Trinajstić information content (AvgIpc) is 2.74. The van der Waals surface area contributed by atoms with Crippen molar-refractivity contribution in [3.05, 3.63) is 40.0 Å². The second kappa shape index (κ2) is 4.92. The third-order valence-electron chi connectivity index (χ3n) is 4.72. The fraction of sp³-hybridized carbons (Fsp3) is 0.375. The minimum atomic E-state index is -4.91. The first-order valence-electron chi connectivity index (χ1n) is 7.31. The number of fused-ring (bicyclic) bond motifs is 6. The van der Waals surface area contributed by atoms with Crippen LogP contribution in [0.25, 0.3) is 10.9 Å². The Morgan fingerprint density at radius 1 is 1.26 bits per heavy atom. The zero-order valence-electron chi connectivity index (χ0n) is 11.9. The molecule has 1 aliphatic heterocycles. The van der Waals surface area contributed by atoms with Gasteiger partial charge in [0.15, 0.2) is 0 Å². The number of hydrogen-bond acceptors (Lipinski definition) is 3. The summed E-state index contributed by atoms with van der Waals surface area (Å²) < 4.78 is 39.4. The predicted octanol–water partition coefficient (Wildman–Crippen LogP) is 3.81. The normalized spacial score (nSPS) is 23.1. The van der Waals surface area contributed by atoms with Gasteiger partial charge in [-0.2, -0.15) is 13.2 Å². The Kier molecular flexibility index (Phi) is 3.19. The number of nitrogens with zero attached hydrogens (tertiary/aromatic N) is 1. The van der Waals surface area contributed by atoms with E-state index >= 15 is 0 Å². The van der Waals surface area contributed by atoms with Gasteiger partial charge in [-0.25, -0.2) is 4.98 Å². The lowest BCUT2D eigenvalue weighted by Crippen LogP contribution is -2.29. The number of pyridine rings is 1. The topological polar surface area (TPSA) is 42.0 Å². The smallest absolute Gasteiger partial charge is 0.316 e. The van der Waals surface area contributed by atoms with E-state index in [1.165, 1.54) is 12.1 Å². The molecule has 2 unspecified atom stereocenters. The lowest BCUT2D eigenvalue weighted by Gasteiger charge is -2.20. The Morgan fingerprint density at radius 3 is 2.74 bits per heavy atom. The molecule has 0 saturated carbocycles. The predicted molar refractivity (Wildman–Crippen MR) is 80.1 cm³/mol. The fourth-order valence-corrected chi connectivity index (χ4v) is 4.00. The van der Waals surface area contributed by atoms with E-state index in [1.54, 1.807) is 6.07 Å². The van der Waals surface area contributed by atoms with Crippen LogP contribution in [-0.4, -0.2) is 30.0 Å². The van der Waals surface area contributed by atoms with Crippen LogP contribution in [0.4, 0.5) is 13.2 Å². The number of ketones is 1. The third-order valence-corrected chi connectivity index (χ3v) is 4.93. The summed E-state index contributed by atoms with van der Waals surface area (Å²) in [5.74, 6) is -1.74. The van der Waals surface area contributed by atoms with Crippen LogP contribution < -0.4 is 5.32 Å². The Morgan fingerprint density at radius 2 is 2.00 bits per heavy atom. The van der Waals surface area contributed by atoms with E-state index in [9.17, 15) is 18.0 Å². The minimum Gasteiger partial charge on any atom is -0.316 e. The number of aromatic nitrogens is 1. The second-order valence-corrected chi connectivity index (χ2v) is 6.46. The molecule has 1 fully saturated rings. The molecule has 2 bridgehead atoms. The molecule has 0 amide bonds. The highest BCUT2D eigenvalue weighted by atomic mass is 35.5. The summed E-state index contributed by atoms with van der Waals surface area (Å²) in [6.07, 6.45) is -4.14. The molecule has 120 valence electrons. The van der Waals surface area contributed by atoms with Crippen molar-refractivity contribution in [2.45, 2.75) is 24.4 Å². The average molecular weight is 341 g/mol. The van der Waals surface area contributed by atoms with Gasteiger partial charge in [0, 0.05) is 24.0 Å². The van der Waals surface area contributed by atoms with Crippen LogP contribution in [0.1, 0.15) is 39.7 Å². The first-order chi connectivity index (χ1) is 10.9. The van der Waals surface area contributed by atoms with Crippen LogP contribution in [0.15, 0.2) is 18.2 Å². The molecule has 2 aliphatic rings. The molecule has 2 aromatic rings. The molecule has 0 radical (unpaired) electrons. The number of carbonyl (C=O) groups is 1. The summed E-state index contributed by atoms with van der Waals surface area (Å²) in [5.41, 5.74) is 1.44. The number of hydrogen-bond donors (Lipinski definition) is 1. The van der Waals surface area contributed by atoms with Gasteiger partial charge in [-0.15, -0.1) is 0 Å². The van der Waals surface area contributed by atoms with E-state index < -0.39 is 12.0 Å². The molecule has 1 aromatic carbocycles. The highest BCUT2D eigenvalue weighted by Crippen LogP contribution is 2.48. The van der Waals surface area contributed by atoms with E-state index in [0.717, 1.165) is 12.0 Å². The van der Waals surface area contributed by atoms with Gasteiger partial charge in [0.1, 0.15) is 5.15 Å². The van der Waals surface area contributed by atoms with Crippen molar-refractivity contribution in [2.24, 2.45) is 0 Å². The van der Waals surface area contributed by atoms with Crippen molar-refractivity contribution >= 4 is 28.3 Å². The van der Waals surface area contributed by atoms with Crippen LogP contribution in [0.3, 0.4) is 0 Å². The SMILES string of the molecule is O=C(c1c2c(cc3nc(Cl)ccc13)C1CNCC2C1)C(F)(F)F. The lowest BCUT2D eigenvalue weighted by atomic mass is 9.90. The number of alkyl halides is 3. The Bertz CT molecular complexity index is 834. The Hall–Kier alpha value is -1.66. The molecule has 4 rings (SSSR count). The summed E-state index contributed by atoms with van der Waals surface area (Å²) in [6.45, 7) is 1.30. The van der Waals surface area contributed by atoms with Crippen molar-refractivity contribution in [2.75, 3.05) is 13.1 Å². The maximum absolute atomic E-state index is 13.1. The van der Waals surface area contributed by atoms with Gasteiger partial charge >= 0.3 is 6.18 Å². The van der Waals surface area contributed by atoms with Gasteiger partial charge in [-0.1, -0.05) is 11.6 Å². The maximum atomic E-state index is 13.1. The minimum absolute atomic E-state index is 0.0647. The first kappa shape index (κ1) is 14.9. The summed E-state index contributed by atoms with van der Waals surface area (Å²) in [7, 11) is 0. The molecule has 1 saturated heterocycles. The zero-order chi connectivity index (χ0) is 16.4. The van der Waals surface area contributed by atoms with Gasteiger partial charge in [-0.3, -0.25) is 4.79 Å². The first-order valence-corrected chi connectivity index (χ1v) is 7.69. The number of Topliss-reactive ketones (excluding diaryl/α,β-unsaturated/α-hetero) is 1. The van der Waals surface area contributed by atoms with Crippen LogP contribution in [0.5, 0.6) is 0 Å². The number of carbonyl (C=O) groups excluding carboxylic acids is 1. The summed E-state index contributed by atoms with van der Waals surface area (Å²) in [4.78, 5) is 16.2. The molecule has 1 N–H and O–H groups in total. The van der Waals surface area contributed by atoms with E-state index in [-0.39, 0.29) is 27.9 Å². The highest BCUT2D eigenvalue weighted by molar-refractivity contribution is 6.30. The van der Waals surface area contributed by atoms with Crippen molar-refractivity contribution in [3.63, 3.8) is 0 Å². The van der Waals surface area contributed by atoms with Gasteiger partial charge in [0.25, 0.3) is 5.78 Å². The number of piperidine rings is 1. The summed E-state index contributed by atoms with van der Waals surface area (Å²) in [6, 6.07) is 4.67. The van der Waals surface area contributed by atoms with Crippen molar-refractivity contribution in [1.82, 2.24) is 10.3 Å². The van der Waals surface area contributed by atoms with E-state index in [2.05, 4.69) is 10.3 Å². The van der Waals surface area contributed by atoms with E-state index in [1.807, 2.05) is 0 Å². The Balaban J connectivity index is 2.08. The fourth-order valence-electron chi connectivity index (χ4n) is 3.85. The molecule has 2 atom stereocenters. The third kappa shape index (κ3) is 2.23. The maximum Gasteiger partial charge on any atom is 0.454 e. The standard InChI is InChI=1S/C16H12ClF3N2O/c17-12-2-1-9-11(22-12)4-10-7-3-8(6-21-5-7)13(10)14(9)15(23)16(18,19)20/h1-2,4,7-8,21H,3,5-6H2. The number of rotatable bonds is 1.